The highest BCUT2D eigenvalue weighted by Gasteiger charge is 2.24. The summed E-state index contributed by atoms with van der Waals surface area (Å²) in [6, 6.07) is 0. The van der Waals surface area contributed by atoms with Crippen molar-refractivity contribution in [3.63, 3.8) is 0 Å². The molecule has 0 saturated heterocycles. The molecule has 0 bridgehead atoms. The van der Waals surface area contributed by atoms with E-state index < -0.39 is 20.7 Å². The summed E-state index contributed by atoms with van der Waals surface area (Å²) in [7, 11) is -5.89. The Morgan fingerprint density at radius 2 is 1.42 bits per heavy atom. The van der Waals surface area contributed by atoms with Crippen molar-refractivity contribution in [2.75, 3.05) is 17.3 Å². The van der Waals surface area contributed by atoms with Crippen molar-refractivity contribution in [3.05, 3.63) is 0 Å². The first kappa shape index (κ1) is 12.2. The van der Waals surface area contributed by atoms with E-state index in [1.807, 2.05) is 20.8 Å². The maximum absolute atomic E-state index is 10.5. The van der Waals surface area contributed by atoms with Gasteiger partial charge >= 0.3 is 10.4 Å². The summed E-state index contributed by atoms with van der Waals surface area (Å²) in [5.41, 5.74) is 0. The van der Waals surface area contributed by atoms with Gasteiger partial charge in [-0.3, -0.25) is 4.55 Å². The van der Waals surface area contributed by atoms with Crippen molar-refractivity contribution in [1.29, 1.82) is 0 Å². The quantitative estimate of drug-likeness (QED) is 0.709. The van der Waals surface area contributed by atoms with Crippen LogP contribution >= 0.6 is 10.3 Å². The highest BCUT2D eigenvalue weighted by Crippen LogP contribution is 2.49. The Balaban J connectivity index is 4.52. The molecular formula is C6H16O4S2. The van der Waals surface area contributed by atoms with Crippen LogP contribution in [0.4, 0.5) is 0 Å². The van der Waals surface area contributed by atoms with E-state index in [0.717, 1.165) is 0 Å². The molecule has 1 N–H and O–H groups in total. The van der Waals surface area contributed by atoms with Gasteiger partial charge in [0.15, 0.2) is 0 Å². The lowest BCUT2D eigenvalue weighted by Gasteiger charge is -2.33. The second kappa shape index (κ2) is 4.45. The van der Waals surface area contributed by atoms with Gasteiger partial charge in [-0.05, 0) is 17.3 Å². The van der Waals surface area contributed by atoms with Crippen molar-refractivity contribution in [2.45, 2.75) is 20.8 Å². The fourth-order valence-electron chi connectivity index (χ4n) is 0.939. The highest BCUT2D eigenvalue weighted by atomic mass is 32.3. The minimum Gasteiger partial charge on any atom is -0.263 e. The molecule has 0 saturated carbocycles. The van der Waals surface area contributed by atoms with Crippen molar-refractivity contribution in [1.82, 2.24) is 0 Å². The number of rotatable bonds is 5. The summed E-state index contributed by atoms with van der Waals surface area (Å²) >= 11 is 0. The van der Waals surface area contributed by atoms with Crippen LogP contribution in [0.25, 0.3) is 0 Å². The van der Waals surface area contributed by atoms with Crippen LogP contribution in [0, 0.1) is 0 Å². The van der Waals surface area contributed by atoms with Gasteiger partial charge in [-0.2, -0.15) is 12.0 Å². The van der Waals surface area contributed by atoms with Crippen molar-refractivity contribution >= 4 is 20.7 Å². The molecule has 0 aromatic carbocycles. The lowest BCUT2D eigenvalue weighted by Crippen LogP contribution is -2.16. The van der Waals surface area contributed by atoms with Gasteiger partial charge in [-0.25, -0.2) is 0 Å². The van der Waals surface area contributed by atoms with Crippen molar-refractivity contribution < 1.29 is 16.6 Å². The Hall–Kier alpha value is 0.220. The first-order valence-corrected chi connectivity index (χ1v) is 7.27. The zero-order valence-electron chi connectivity index (χ0n) is 7.61. The average Bonchev–Trinajstić information content (AvgIpc) is 1.99. The molecule has 0 amide bonds. The van der Waals surface area contributed by atoms with E-state index in [1.165, 1.54) is 0 Å². The molecular weight excluding hydrogens is 200 g/mol. The van der Waals surface area contributed by atoms with Gasteiger partial charge in [-0.1, -0.05) is 20.8 Å². The van der Waals surface area contributed by atoms with Gasteiger partial charge in [-0.15, -0.1) is 10.3 Å². The van der Waals surface area contributed by atoms with Gasteiger partial charge in [0.1, 0.15) is 0 Å². The number of hydrogen-bond donors (Lipinski definition) is 1. The molecule has 76 valence electrons. The Bertz CT molecular complexity index is 209. The molecule has 0 unspecified atom stereocenters. The lowest BCUT2D eigenvalue weighted by molar-refractivity contribution is 0.402. The molecule has 0 aliphatic carbocycles. The lowest BCUT2D eigenvalue weighted by atomic mass is 10.9. The smallest absolute Gasteiger partial charge is 0.263 e. The molecule has 0 spiro atoms. The van der Waals surface area contributed by atoms with E-state index in [9.17, 15) is 8.42 Å². The van der Waals surface area contributed by atoms with E-state index in [0.29, 0.717) is 17.3 Å². The molecule has 0 rings (SSSR count). The largest absolute Gasteiger partial charge is 0.406 e. The van der Waals surface area contributed by atoms with E-state index in [4.69, 9.17) is 4.55 Å². The van der Waals surface area contributed by atoms with Gasteiger partial charge in [0.25, 0.3) is 0 Å². The molecule has 4 nitrogen and oxygen atoms in total. The van der Waals surface area contributed by atoms with E-state index in [1.54, 1.807) is 0 Å². The van der Waals surface area contributed by atoms with Crippen LogP contribution in [-0.2, 0) is 14.0 Å². The third kappa shape index (κ3) is 3.75. The summed E-state index contributed by atoms with van der Waals surface area (Å²) in [4.78, 5) is 0. The predicted molar refractivity (Wildman–Crippen MR) is 51.8 cm³/mol. The molecule has 0 aromatic heterocycles. The molecule has 0 atom stereocenters. The van der Waals surface area contributed by atoms with Gasteiger partial charge in [0.2, 0.25) is 0 Å². The molecule has 6 heteroatoms. The summed E-state index contributed by atoms with van der Waals surface area (Å²) in [5.74, 6) is 1.96. The molecule has 12 heavy (non-hydrogen) atoms. The van der Waals surface area contributed by atoms with Crippen molar-refractivity contribution in [2.24, 2.45) is 0 Å². The summed E-state index contributed by atoms with van der Waals surface area (Å²) in [6.45, 7) is 5.61. The maximum atomic E-state index is 10.5. The monoisotopic (exact) mass is 216 g/mol. The fourth-order valence-corrected chi connectivity index (χ4v) is 4.78. The highest BCUT2D eigenvalue weighted by molar-refractivity contribution is 8.32. The minimum absolute atomic E-state index is 0.653. The van der Waals surface area contributed by atoms with Crippen LogP contribution in [-0.4, -0.2) is 30.2 Å². The Labute approximate surface area is 75.8 Å². The van der Waals surface area contributed by atoms with Gasteiger partial charge in [0.05, 0.1) is 0 Å². The molecule has 0 heterocycles. The minimum atomic E-state index is -4.28. The average molecular weight is 216 g/mol. The molecule has 0 aliphatic rings. The number of hydrogen-bond acceptors (Lipinski definition) is 3. The molecule has 0 radical (unpaired) electrons. The maximum Gasteiger partial charge on any atom is 0.406 e. The Morgan fingerprint density at radius 3 is 1.50 bits per heavy atom. The Kier molecular flexibility index (Phi) is 4.54. The normalized spacial score (nSPS) is 14.7. The van der Waals surface area contributed by atoms with Gasteiger partial charge < -0.3 is 0 Å². The molecule has 0 aromatic rings. The third-order valence-electron chi connectivity index (χ3n) is 1.81. The van der Waals surface area contributed by atoms with Crippen molar-refractivity contribution in [3.8, 4) is 0 Å². The van der Waals surface area contributed by atoms with Crippen LogP contribution in [0.3, 0.4) is 0 Å². The first-order chi connectivity index (χ1) is 5.39. The summed E-state index contributed by atoms with van der Waals surface area (Å²) < 4.78 is 34.2. The van der Waals surface area contributed by atoms with E-state index in [-0.39, 0.29) is 0 Å². The SMILES string of the molecule is CCS(CC)(CC)OS(=O)(=O)O. The standard InChI is InChI=1S/C6H16O4S2/c1-4-11(5-2,6-3)10-12(7,8)9/h4-6H2,1-3H3,(H,7,8,9). The van der Waals surface area contributed by atoms with Crippen LogP contribution in [0.2, 0.25) is 0 Å². The van der Waals surface area contributed by atoms with E-state index >= 15 is 0 Å². The summed E-state index contributed by atoms with van der Waals surface area (Å²) in [6.07, 6.45) is 0. The summed E-state index contributed by atoms with van der Waals surface area (Å²) in [5, 5.41) is 0. The van der Waals surface area contributed by atoms with Crippen LogP contribution in [0.1, 0.15) is 20.8 Å². The van der Waals surface area contributed by atoms with Crippen LogP contribution in [0.5, 0.6) is 0 Å². The zero-order chi connectivity index (χ0) is 9.83. The molecule has 0 aliphatic heterocycles. The second-order valence-corrected chi connectivity index (χ2v) is 7.39. The third-order valence-corrected chi connectivity index (χ3v) is 6.81. The Morgan fingerprint density at radius 1 is 1.08 bits per heavy atom. The first-order valence-electron chi connectivity index (χ1n) is 3.84. The predicted octanol–water partition coefficient (Wildman–Crippen LogP) is 1.59. The van der Waals surface area contributed by atoms with Crippen LogP contribution < -0.4 is 0 Å². The second-order valence-electron chi connectivity index (χ2n) is 2.33. The zero-order valence-corrected chi connectivity index (χ0v) is 9.24. The van der Waals surface area contributed by atoms with Crippen LogP contribution in [0.15, 0.2) is 0 Å². The van der Waals surface area contributed by atoms with E-state index in [2.05, 4.69) is 3.63 Å². The fraction of sp³-hybridized carbons (Fsp3) is 1.00. The topological polar surface area (TPSA) is 63.6 Å². The molecule has 0 fully saturated rings. The van der Waals surface area contributed by atoms with Gasteiger partial charge in [0, 0.05) is 0 Å².